The number of nitro groups is 1. The van der Waals surface area contributed by atoms with Crippen LogP contribution in [-0.4, -0.2) is 10.8 Å². The summed E-state index contributed by atoms with van der Waals surface area (Å²) in [5.74, 6) is 0.703. The van der Waals surface area contributed by atoms with Gasteiger partial charge in [-0.05, 0) is 43.7 Å². The molecule has 1 aromatic carbocycles. The third-order valence-electron chi connectivity index (χ3n) is 4.59. The molecule has 1 amide bonds. The minimum atomic E-state index is -0.545. The molecule has 1 aromatic rings. The van der Waals surface area contributed by atoms with Crippen LogP contribution in [-0.2, 0) is 4.79 Å². The largest absolute Gasteiger partial charge is 0.326 e. The number of nitrogens with one attached hydrogen (secondary N) is 1. The molecule has 0 saturated heterocycles. The van der Waals surface area contributed by atoms with E-state index in [2.05, 4.69) is 12.2 Å². The van der Waals surface area contributed by atoms with Crippen LogP contribution in [0.4, 0.5) is 11.4 Å². The predicted octanol–water partition coefficient (Wildman–Crippen LogP) is 5.18. The number of benzene rings is 1. The van der Waals surface area contributed by atoms with Crippen molar-refractivity contribution in [2.75, 3.05) is 5.32 Å². The van der Waals surface area contributed by atoms with Crippen molar-refractivity contribution in [2.24, 2.45) is 11.8 Å². The van der Waals surface area contributed by atoms with Gasteiger partial charge in [-0.25, -0.2) is 0 Å². The Balaban J connectivity index is 1.90. The Morgan fingerprint density at radius 2 is 2.04 bits per heavy atom. The van der Waals surface area contributed by atoms with E-state index in [1.165, 1.54) is 31.4 Å². The van der Waals surface area contributed by atoms with E-state index in [-0.39, 0.29) is 22.5 Å². The van der Waals surface area contributed by atoms with Gasteiger partial charge in [0.05, 0.1) is 4.92 Å². The predicted molar refractivity (Wildman–Crippen MR) is 91.7 cm³/mol. The maximum absolute atomic E-state index is 12.3. The summed E-state index contributed by atoms with van der Waals surface area (Å²) in [6.07, 6.45) is 7.73. The Morgan fingerprint density at radius 3 is 2.65 bits per heavy atom. The number of hydrogen-bond donors (Lipinski definition) is 1. The van der Waals surface area contributed by atoms with Crippen LogP contribution in [0.3, 0.4) is 0 Å². The molecule has 2 rings (SSSR count). The van der Waals surface area contributed by atoms with Gasteiger partial charge >= 0.3 is 0 Å². The Morgan fingerprint density at radius 1 is 1.35 bits per heavy atom. The first kappa shape index (κ1) is 17.7. The maximum Gasteiger partial charge on any atom is 0.289 e. The maximum atomic E-state index is 12.3. The molecule has 0 aromatic heterocycles. The number of rotatable bonds is 6. The molecule has 1 saturated carbocycles. The number of nitrogens with zero attached hydrogens (tertiary/aromatic N) is 1. The first-order chi connectivity index (χ1) is 11.0. The number of hydrogen-bond acceptors (Lipinski definition) is 3. The number of carbonyl (C=O) groups excluding carboxylic acids is 1. The molecule has 0 aliphatic heterocycles. The fourth-order valence-corrected chi connectivity index (χ4v) is 3.37. The number of anilines is 1. The minimum Gasteiger partial charge on any atom is -0.326 e. The topological polar surface area (TPSA) is 72.2 Å². The molecule has 0 heterocycles. The van der Waals surface area contributed by atoms with Gasteiger partial charge in [0.15, 0.2) is 0 Å². The molecule has 0 atom stereocenters. The summed E-state index contributed by atoms with van der Waals surface area (Å²) in [4.78, 5) is 22.7. The average molecular weight is 339 g/mol. The number of unbranched alkanes of at least 4 members (excludes halogenated alkanes) is 1. The van der Waals surface area contributed by atoms with E-state index < -0.39 is 4.92 Å². The van der Waals surface area contributed by atoms with Gasteiger partial charge in [-0.3, -0.25) is 14.9 Å². The van der Waals surface area contributed by atoms with Crippen LogP contribution >= 0.6 is 11.6 Å². The zero-order valence-electron chi connectivity index (χ0n) is 13.4. The van der Waals surface area contributed by atoms with Gasteiger partial charge in [-0.15, -0.1) is 0 Å². The van der Waals surface area contributed by atoms with Crippen LogP contribution < -0.4 is 5.32 Å². The van der Waals surface area contributed by atoms with Crippen LogP contribution in [0.2, 0.25) is 5.02 Å². The molecule has 1 aliphatic rings. The summed E-state index contributed by atoms with van der Waals surface area (Å²) in [5, 5.41) is 13.8. The van der Waals surface area contributed by atoms with Gasteiger partial charge in [0.2, 0.25) is 5.91 Å². The normalized spacial score (nSPS) is 21.0. The molecule has 5 nitrogen and oxygen atoms in total. The van der Waals surface area contributed by atoms with E-state index in [0.29, 0.717) is 5.69 Å². The summed E-state index contributed by atoms with van der Waals surface area (Å²) in [6.45, 7) is 2.20. The number of halogens is 1. The monoisotopic (exact) mass is 338 g/mol. The van der Waals surface area contributed by atoms with E-state index in [1.807, 2.05) is 0 Å². The lowest BCUT2D eigenvalue weighted by Gasteiger charge is -2.27. The SMILES string of the molecule is CCCCC1CCC(C(=O)Nc2ccc(Cl)c([N+](=O)[O-])c2)CC1. The second-order valence-electron chi connectivity index (χ2n) is 6.27. The smallest absolute Gasteiger partial charge is 0.289 e. The molecular formula is C17H23ClN2O3. The lowest BCUT2D eigenvalue weighted by atomic mass is 9.79. The lowest BCUT2D eigenvalue weighted by molar-refractivity contribution is -0.384. The Bertz CT molecular complexity index is 569. The van der Waals surface area contributed by atoms with Crippen molar-refractivity contribution in [3.05, 3.63) is 33.3 Å². The number of carbonyl (C=O) groups is 1. The highest BCUT2D eigenvalue weighted by molar-refractivity contribution is 6.32. The highest BCUT2D eigenvalue weighted by Gasteiger charge is 2.26. The molecule has 0 radical (unpaired) electrons. The van der Waals surface area contributed by atoms with Gasteiger partial charge in [0.25, 0.3) is 5.69 Å². The van der Waals surface area contributed by atoms with Crippen molar-refractivity contribution in [1.82, 2.24) is 0 Å². The van der Waals surface area contributed by atoms with Crippen LogP contribution in [0.1, 0.15) is 51.9 Å². The summed E-state index contributed by atoms with van der Waals surface area (Å²) < 4.78 is 0. The third kappa shape index (κ3) is 4.93. The van der Waals surface area contributed by atoms with Gasteiger partial charge in [-0.1, -0.05) is 37.8 Å². The van der Waals surface area contributed by atoms with Crippen molar-refractivity contribution in [2.45, 2.75) is 51.9 Å². The highest BCUT2D eigenvalue weighted by atomic mass is 35.5. The molecule has 1 aliphatic carbocycles. The lowest BCUT2D eigenvalue weighted by Crippen LogP contribution is -2.27. The zero-order valence-corrected chi connectivity index (χ0v) is 14.1. The van der Waals surface area contributed by atoms with E-state index in [0.717, 1.165) is 31.6 Å². The van der Waals surface area contributed by atoms with Gasteiger partial charge in [0.1, 0.15) is 5.02 Å². The zero-order chi connectivity index (χ0) is 16.8. The molecule has 23 heavy (non-hydrogen) atoms. The summed E-state index contributed by atoms with van der Waals surface area (Å²) >= 11 is 5.78. The first-order valence-corrected chi connectivity index (χ1v) is 8.63. The van der Waals surface area contributed by atoms with E-state index in [1.54, 1.807) is 6.07 Å². The number of nitro benzene ring substituents is 1. The van der Waals surface area contributed by atoms with Gasteiger partial charge in [-0.2, -0.15) is 0 Å². The highest BCUT2D eigenvalue weighted by Crippen LogP contribution is 2.33. The first-order valence-electron chi connectivity index (χ1n) is 8.26. The second kappa shape index (κ2) is 8.29. The minimum absolute atomic E-state index is 0.00242. The molecule has 0 unspecified atom stereocenters. The Hall–Kier alpha value is -1.62. The van der Waals surface area contributed by atoms with Crippen LogP contribution in [0, 0.1) is 22.0 Å². The molecular weight excluding hydrogens is 316 g/mol. The Kier molecular flexibility index (Phi) is 6.39. The quantitative estimate of drug-likeness (QED) is 0.573. The van der Waals surface area contributed by atoms with Crippen molar-refractivity contribution in [3.8, 4) is 0 Å². The van der Waals surface area contributed by atoms with E-state index in [9.17, 15) is 14.9 Å². The molecule has 6 heteroatoms. The average Bonchev–Trinajstić information content (AvgIpc) is 2.54. The summed E-state index contributed by atoms with van der Waals surface area (Å²) in [6, 6.07) is 4.35. The standard InChI is InChI=1S/C17H23ClN2O3/c1-2-3-4-12-5-7-13(8-6-12)17(21)19-14-9-10-15(18)16(11-14)20(22)23/h9-13H,2-8H2,1H3,(H,19,21). The van der Waals surface area contributed by atoms with Crippen LogP contribution in [0.5, 0.6) is 0 Å². The van der Waals surface area contributed by atoms with Crippen LogP contribution in [0.25, 0.3) is 0 Å². The second-order valence-corrected chi connectivity index (χ2v) is 6.68. The Labute approximate surface area is 141 Å². The van der Waals surface area contributed by atoms with E-state index >= 15 is 0 Å². The van der Waals surface area contributed by atoms with Crippen molar-refractivity contribution in [1.29, 1.82) is 0 Å². The van der Waals surface area contributed by atoms with E-state index in [4.69, 9.17) is 11.6 Å². The molecule has 0 spiro atoms. The van der Waals surface area contributed by atoms with Crippen molar-refractivity contribution in [3.63, 3.8) is 0 Å². The van der Waals surface area contributed by atoms with Gasteiger partial charge in [0, 0.05) is 17.7 Å². The third-order valence-corrected chi connectivity index (χ3v) is 4.91. The fraction of sp³-hybridized carbons (Fsp3) is 0.588. The summed E-state index contributed by atoms with van der Waals surface area (Å²) in [5.41, 5.74) is 0.243. The van der Waals surface area contributed by atoms with Crippen molar-refractivity contribution >= 4 is 28.9 Å². The fourth-order valence-electron chi connectivity index (χ4n) is 3.18. The summed E-state index contributed by atoms with van der Waals surface area (Å²) in [7, 11) is 0. The van der Waals surface area contributed by atoms with Gasteiger partial charge < -0.3 is 5.32 Å². The molecule has 0 bridgehead atoms. The van der Waals surface area contributed by atoms with Crippen LogP contribution in [0.15, 0.2) is 18.2 Å². The molecule has 1 fully saturated rings. The van der Waals surface area contributed by atoms with Crippen molar-refractivity contribution < 1.29 is 9.72 Å². The number of amides is 1. The molecule has 1 N–H and O–H groups in total. The molecule has 126 valence electrons.